The van der Waals surface area contributed by atoms with Gasteiger partial charge in [-0.3, -0.25) is 0 Å². The molecule has 0 saturated carbocycles. The molecule has 1 heteroatoms. The van der Waals surface area contributed by atoms with Crippen molar-refractivity contribution in [2.24, 2.45) is 0 Å². The van der Waals surface area contributed by atoms with E-state index >= 15 is 0 Å². The van der Waals surface area contributed by atoms with Crippen molar-refractivity contribution in [1.29, 1.82) is 0 Å². The van der Waals surface area contributed by atoms with Gasteiger partial charge in [0.2, 0.25) is 0 Å². The van der Waals surface area contributed by atoms with Crippen molar-refractivity contribution in [3.8, 4) is 0 Å². The van der Waals surface area contributed by atoms with Crippen LogP contribution in [0.25, 0.3) is 0 Å². The summed E-state index contributed by atoms with van der Waals surface area (Å²) in [5.74, 6) is 0. The number of nitrogens with one attached hydrogen (secondary N) is 1. The molecule has 0 heterocycles. The van der Waals surface area contributed by atoms with E-state index in [1.807, 2.05) is 0 Å². The van der Waals surface area contributed by atoms with Gasteiger partial charge in [-0.05, 0) is 33.2 Å². The van der Waals surface area contributed by atoms with Gasteiger partial charge in [0.15, 0.2) is 0 Å². The van der Waals surface area contributed by atoms with E-state index in [4.69, 9.17) is 0 Å². The molecule has 0 bridgehead atoms. The van der Waals surface area contributed by atoms with E-state index in [0.717, 1.165) is 6.54 Å². The van der Waals surface area contributed by atoms with Crippen LogP contribution >= 0.6 is 0 Å². The zero-order chi connectivity index (χ0) is 7.33. The summed E-state index contributed by atoms with van der Waals surface area (Å²) in [6.45, 7) is 11.2. The summed E-state index contributed by atoms with van der Waals surface area (Å²) in [6, 6.07) is 0. The third-order valence-electron chi connectivity index (χ3n) is 2.11. The Morgan fingerprint density at radius 2 is 1.78 bits per heavy atom. The lowest BCUT2D eigenvalue weighted by Crippen LogP contribution is -2.40. The molecule has 0 atom stereocenters. The van der Waals surface area contributed by atoms with E-state index < -0.39 is 0 Å². The fourth-order valence-corrected chi connectivity index (χ4v) is 0.802. The molecule has 9 heavy (non-hydrogen) atoms. The Bertz CT molecular complexity index is 65.0. The Balaban J connectivity index is 3.62. The maximum atomic E-state index is 3.76. The second-order valence-corrected chi connectivity index (χ2v) is 2.69. The highest BCUT2D eigenvalue weighted by atomic mass is 14.9. The SMILES string of the molecule is [CH2]CNC(C)(CC)CC. The van der Waals surface area contributed by atoms with E-state index in [9.17, 15) is 0 Å². The minimum atomic E-state index is 0.321. The Hall–Kier alpha value is -0.0400. The van der Waals surface area contributed by atoms with Crippen molar-refractivity contribution in [3.05, 3.63) is 6.92 Å². The van der Waals surface area contributed by atoms with E-state index in [1.54, 1.807) is 0 Å². The summed E-state index contributed by atoms with van der Waals surface area (Å²) in [5.41, 5.74) is 0.321. The first-order valence-corrected chi connectivity index (χ1v) is 3.72. The molecule has 0 unspecified atom stereocenters. The van der Waals surface area contributed by atoms with Gasteiger partial charge in [-0.1, -0.05) is 13.8 Å². The van der Waals surface area contributed by atoms with E-state index in [1.165, 1.54) is 12.8 Å². The standard InChI is InChI=1S/C8H18N/c1-5-8(4,6-2)9-7-3/h9H,3,5-7H2,1-2,4H3. The van der Waals surface area contributed by atoms with Crippen molar-refractivity contribution >= 4 is 0 Å². The van der Waals surface area contributed by atoms with Gasteiger partial charge in [0.05, 0.1) is 0 Å². The van der Waals surface area contributed by atoms with Gasteiger partial charge in [-0.15, -0.1) is 0 Å². The molecule has 0 aliphatic heterocycles. The van der Waals surface area contributed by atoms with Gasteiger partial charge in [0.1, 0.15) is 0 Å². The van der Waals surface area contributed by atoms with Gasteiger partial charge in [0, 0.05) is 5.54 Å². The van der Waals surface area contributed by atoms with Crippen LogP contribution in [-0.2, 0) is 0 Å². The molecule has 0 aromatic carbocycles. The highest BCUT2D eigenvalue weighted by Crippen LogP contribution is 2.12. The molecule has 0 rings (SSSR count). The first kappa shape index (κ1) is 8.96. The maximum absolute atomic E-state index is 3.76. The van der Waals surface area contributed by atoms with Gasteiger partial charge in [0.25, 0.3) is 0 Å². The fraction of sp³-hybridized carbons (Fsp3) is 0.875. The molecular weight excluding hydrogens is 110 g/mol. The van der Waals surface area contributed by atoms with Gasteiger partial charge < -0.3 is 5.32 Å². The van der Waals surface area contributed by atoms with Crippen LogP contribution in [0.1, 0.15) is 33.6 Å². The third kappa shape index (κ3) is 2.85. The lowest BCUT2D eigenvalue weighted by atomic mass is 9.96. The number of hydrogen-bond donors (Lipinski definition) is 1. The molecule has 0 spiro atoms. The summed E-state index contributed by atoms with van der Waals surface area (Å²) in [4.78, 5) is 0. The number of hydrogen-bond acceptors (Lipinski definition) is 1. The Morgan fingerprint density at radius 1 is 1.33 bits per heavy atom. The van der Waals surface area contributed by atoms with Crippen LogP contribution in [0.15, 0.2) is 0 Å². The molecule has 1 nitrogen and oxygen atoms in total. The Labute approximate surface area is 58.8 Å². The molecular formula is C8H18N. The van der Waals surface area contributed by atoms with Crippen LogP contribution in [0.2, 0.25) is 0 Å². The average Bonchev–Trinajstić information content (AvgIpc) is 1.89. The first-order chi connectivity index (χ1) is 4.18. The van der Waals surface area contributed by atoms with Crippen molar-refractivity contribution in [2.45, 2.75) is 39.2 Å². The fourth-order valence-electron chi connectivity index (χ4n) is 0.802. The van der Waals surface area contributed by atoms with Gasteiger partial charge in [-0.2, -0.15) is 0 Å². The third-order valence-corrected chi connectivity index (χ3v) is 2.11. The predicted molar refractivity (Wildman–Crippen MR) is 42.3 cm³/mol. The molecule has 0 saturated heterocycles. The second-order valence-electron chi connectivity index (χ2n) is 2.69. The van der Waals surface area contributed by atoms with Gasteiger partial charge in [-0.25, -0.2) is 0 Å². The zero-order valence-corrected chi connectivity index (χ0v) is 6.83. The summed E-state index contributed by atoms with van der Waals surface area (Å²) < 4.78 is 0. The summed E-state index contributed by atoms with van der Waals surface area (Å²) in [7, 11) is 0. The van der Waals surface area contributed by atoms with E-state index in [0.29, 0.717) is 5.54 Å². The average molecular weight is 128 g/mol. The minimum Gasteiger partial charge on any atom is -0.312 e. The van der Waals surface area contributed by atoms with Crippen LogP contribution in [0.4, 0.5) is 0 Å². The Morgan fingerprint density at radius 3 is 1.89 bits per heavy atom. The molecule has 0 aliphatic carbocycles. The van der Waals surface area contributed by atoms with Crippen molar-refractivity contribution < 1.29 is 0 Å². The second kappa shape index (κ2) is 3.89. The largest absolute Gasteiger partial charge is 0.312 e. The monoisotopic (exact) mass is 128 g/mol. The van der Waals surface area contributed by atoms with Crippen molar-refractivity contribution in [1.82, 2.24) is 5.32 Å². The molecule has 0 aromatic heterocycles. The smallest absolute Gasteiger partial charge is 0.0148 e. The minimum absolute atomic E-state index is 0.321. The highest BCUT2D eigenvalue weighted by molar-refractivity contribution is 4.79. The molecule has 1 radical (unpaired) electrons. The van der Waals surface area contributed by atoms with E-state index in [-0.39, 0.29) is 0 Å². The predicted octanol–water partition coefficient (Wildman–Crippen LogP) is 1.99. The molecule has 55 valence electrons. The van der Waals surface area contributed by atoms with Crippen LogP contribution in [0.5, 0.6) is 0 Å². The molecule has 0 aromatic rings. The van der Waals surface area contributed by atoms with Crippen LogP contribution in [0.3, 0.4) is 0 Å². The normalized spacial score (nSPS) is 12.0. The molecule has 0 fully saturated rings. The summed E-state index contributed by atoms with van der Waals surface area (Å²) in [6.07, 6.45) is 2.36. The maximum Gasteiger partial charge on any atom is 0.0148 e. The molecule has 0 amide bonds. The van der Waals surface area contributed by atoms with Crippen molar-refractivity contribution in [2.75, 3.05) is 6.54 Å². The lowest BCUT2D eigenvalue weighted by Gasteiger charge is -2.27. The molecule has 0 aliphatic rings. The topological polar surface area (TPSA) is 12.0 Å². The van der Waals surface area contributed by atoms with Crippen LogP contribution in [-0.4, -0.2) is 12.1 Å². The zero-order valence-electron chi connectivity index (χ0n) is 6.83. The highest BCUT2D eigenvalue weighted by Gasteiger charge is 2.16. The van der Waals surface area contributed by atoms with Crippen molar-refractivity contribution in [3.63, 3.8) is 0 Å². The summed E-state index contributed by atoms with van der Waals surface area (Å²) in [5, 5.41) is 3.35. The van der Waals surface area contributed by atoms with E-state index in [2.05, 4.69) is 33.0 Å². The Kier molecular flexibility index (Phi) is 3.87. The summed E-state index contributed by atoms with van der Waals surface area (Å²) >= 11 is 0. The van der Waals surface area contributed by atoms with Crippen LogP contribution < -0.4 is 5.32 Å². The lowest BCUT2D eigenvalue weighted by molar-refractivity contribution is 0.346. The number of rotatable bonds is 4. The van der Waals surface area contributed by atoms with Crippen LogP contribution in [0, 0.1) is 6.92 Å². The molecule has 1 N–H and O–H groups in total. The first-order valence-electron chi connectivity index (χ1n) is 3.72. The van der Waals surface area contributed by atoms with Gasteiger partial charge >= 0.3 is 0 Å². The quantitative estimate of drug-likeness (QED) is 0.610.